The molecule has 7 heteroatoms. The van der Waals surface area contributed by atoms with Crippen molar-refractivity contribution in [2.75, 3.05) is 5.75 Å². The van der Waals surface area contributed by atoms with Crippen molar-refractivity contribution >= 4 is 23.9 Å². The molecule has 0 unspecified atom stereocenters. The van der Waals surface area contributed by atoms with E-state index in [1.807, 2.05) is 42.7 Å². The molecular weight excluding hydrogens is 406 g/mol. The van der Waals surface area contributed by atoms with E-state index in [0.717, 1.165) is 34.2 Å². The van der Waals surface area contributed by atoms with Crippen molar-refractivity contribution in [2.24, 2.45) is 5.10 Å². The van der Waals surface area contributed by atoms with Gasteiger partial charge < -0.3 is 4.57 Å². The molecule has 1 heterocycles. The number of aromatic nitrogens is 3. The van der Waals surface area contributed by atoms with Crippen LogP contribution in [0.1, 0.15) is 44.4 Å². The van der Waals surface area contributed by atoms with Gasteiger partial charge in [-0.2, -0.15) is 5.10 Å². The molecule has 1 aromatic heterocycles. The van der Waals surface area contributed by atoms with Crippen LogP contribution in [0.2, 0.25) is 0 Å². The molecule has 0 aliphatic carbocycles. The first-order chi connectivity index (χ1) is 14.8. The largest absolute Gasteiger partial charge is 0.302 e. The van der Waals surface area contributed by atoms with E-state index in [2.05, 4.69) is 65.8 Å². The molecule has 0 fully saturated rings. The number of hydrogen-bond donors (Lipinski definition) is 1. The van der Waals surface area contributed by atoms with Gasteiger partial charge in [-0.3, -0.25) is 4.79 Å². The summed E-state index contributed by atoms with van der Waals surface area (Å²) in [5.41, 5.74) is 7.06. The summed E-state index contributed by atoms with van der Waals surface area (Å²) in [5, 5.41) is 13.4. The average molecular weight is 436 g/mol. The highest BCUT2D eigenvalue weighted by atomic mass is 32.2. The number of hydrogen-bond acceptors (Lipinski definition) is 5. The van der Waals surface area contributed by atoms with Crippen LogP contribution in [-0.2, 0) is 16.8 Å². The Morgan fingerprint density at radius 1 is 1.16 bits per heavy atom. The maximum atomic E-state index is 12.2. The fourth-order valence-electron chi connectivity index (χ4n) is 3.10. The van der Waals surface area contributed by atoms with Crippen molar-refractivity contribution in [3.8, 4) is 11.4 Å². The van der Waals surface area contributed by atoms with Crippen molar-refractivity contribution in [2.45, 2.75) is 51.7 Å². The van der Waals surface area contributed by atoms with E-state index in [4.69, 9.17) is 0 Å². The molecular formula is C24H29N5OS. The predicted octanol–water partition coefficient (Wildman–Crippen LogP) is 4.81. The zero-order valence-electron chi connectivity index (χ0n) is 18.7. The zero-order valence-corrected chi connectivity index (χ0v) is 19.5. The molecule has 0 aliphatic heterocycles. The third kappa shape index (κ3) is 6.04. The van der Waals surface area contributed by atoms with E-state index in [9.17, 15) is 4.79 Å². The number of hydrazone groups is 1. The lowest BCUT2D eigenvalue weighted by molar-refractivity contribution is -0.118. The number of thioether (sulfide) groups is 1. The van der Waals surface area contributed by atoms with Crippen molar-refractivity contribution in [3.63, 3.8) is 0 Å². The fraction of sp³-hybridized carbons (Fsp3) is 0.333. The van der Waals surface area contributed by atoms with Crippen molar-refractivity contribution in [1.29, 1.82) is 0 Å². The minimum Gasteiger partial charge on any atom is -0.302 e. The van der Waals surface area contributed by atoms with Gasteiger partial charge >= 0.3 is 0 Å². The van der Waals surface area contributed by atoms with Crippen LogP contribution in [0.3, 0.4) is 0 Å². The number of rotatable bonds is 7. The Morgan fingerprint density at radius 2 is 1.90 bits per heavy atom. The summed E-state index contributed by atoms with van der Waals surface area (Å²) in [6, 6.07) is 16.4. The first-order valence-corrected chi connectivity index (χ1v) is 11.3. The monoisotopic (exact) mass is 435 g/mol. The number of nitrogens with zero attached hydrogens (tertiary/aromatic N) is 4. The minimum atomic E-state index is -0.185. The molecule has 0 aliphatic rings. The zero-order chi connectivity index (χ0) is 22.4. The van der Waals surface area contributed by atoms with Crippen molar-refractivity contribution in [3.05, 3.63) is 65.2 Å². The molecule has 1 N–H and O–H groups in total. The molecule has 31 heavy (non-hydrogen) atoms. The van der Waals surface area contributed by atoms with Gasteiger partial charge in [-0.05, 0) is 30.4 Å². The normalized spacial score (nSPS) is 11.8. The highest BCUT2D eigenvalue weighted by Gasteiger charge is 2.17. The summed E-state index contributed by atoms with van der Waals surface area (Å²) in [6.07, 6.45) is 1.64. The maximum Gasteiger partial charge on any atom is 0.250 e. The lowest BCUT2D eigenvalue weighted by atomic mass is 9.87. The molecule has 0 radical (unpaired) electrons. The molecule has 3 rings (SSSR count). The van der Waals surface area contributed by atoms with E-state index in [1.54, 1.807) is 6.21 Å². The Balaban J connectivity index is 1.62. The van der Waals surface area contributed by atoms with Gasteiger partial charge in [0.05, 0.1) is 12.0 Å². The first kappa shape index (κ1) is 22.7. The Labute approximate surface area is 188 Å². The van der Waals surface area contributed by atoms with Crippen molar-refractivity contribution < 1.29 is 4.79 Å². The molecule has 0 bridgehead atoms. The van der Waals surface area contributed by atoms with E-state index in [-0.39, 0.29) is 17.1 Å². The molecule has 1 amide bonds. The van der Waals surface area contributed by atoms with Gasteiger partial charge in [-0.1, -0.05) is 86.6 Å². The highest BCUT2D eigenvalue weighted by molar-refractivity contribution is 7.99. The van der Waals surface area contributed by atoms with Gasteiger partial charge in [0.15, 0.2) is 11.0 Å². The third-order valence-electron chi connectivity index (χ3n) is 4.82. The SMILES string of the molecule is CCn1c(SCC(=O)N/N=C/c2cccc(C)c2)nnc1-c1ccc(C(C)(C)C)cc1. The van der Waals surface area contributed by atoms with E-state index < -0.39 is 0 Å². The number of amides is 1. The summed E-state index contributed by atoms with van der Waals surface area (Å²) >= 11 is 1.35. The molecule has 2 aromatic carbocycles. The highest BCUT2D eigenvalue weighted by Crippen LogP contribution is 2.27. The van der Waals surface area contributed by atoms with Crippen LogP contribution in [0, 0.1) is 6.92 Å². The van der Waals surface area contributed by atoms with E-state index in [0.29, 0.717) is 0 Å². The Hall–Kier alpha value is -2.93. The molecule has 3 aromatic rings. The van der Waals surface area contributed by atoms with Crippen LogP contribution < -0.4 is 5.43 Å². The molecule has 0 atom stereocenters. The van der Waals surface area contributed by atoms with Crippen LogP contribution in [0.4, 0.5) is 0 Å². The standard InChI is InChI=1S/C24H29N5OS/c1-6-29-22(19-10-12-20(13-11-19)24(3,4)5)27-28-23(29)31-16-21(30)26-25-15-18-9-7-8-17(2)14-18/h7-15H,6,16H2,1-5H3,(H,26,30)/b25-15+. The molecule has 6 nitrogen and oxygen atoms in total. The summed E-state index contributed by atoms with van der Waals surface area (Å²) in [7, 11) is 0. The average Bonchev–Trinajstić information content (AvgIpc) is 3.15. The van der Waals surface area contributed by atoms with Gasteiger partial charge in [0.2, 0.25) is 0 Å². The number of carbonyl (C=O) groups excluding carboxylic acids is 1. The second-order valence-corrected chi connectivity index (χ2v) is 9.32. The number of benzene rings is 2. The Bertz CT molecular complexity index is 1060. The van der Waals surface area contributed by atoms with Crippen molar-refractivity contribution in [1.82, 2.24) is 20.2 Å². The molecule has 162 valence electrons. The lowest BCUT2D eigenvalue weighted by Gasteiger charge is -2.19. The van der Waals surface area contributed by atoms with Gasteiger partial charge in [0.1, 0.15) is 0 Å². The number of nitrogens with one attached hydrogen (secondary N) is 1. The molecule has 0 saturated heterocycles. The summed E-state index contributed by atoms with van der Waals surface area (Å²) in [6.45, 7) is 11.4. The van der Waals surface area contributed by atoms with Gasteiger partial charge in [-0.15, -0.1) is 10.2 Å². The lowest BCUT2D eigenvalue weighted by Crippen LogP contribution is -2.20. The van der Waals surface area contributed by atoms with Gasteiger partial charge in [0.25, 0.3) is 5.91 Å². The topological polar surface area (TPSA) is 72.2 Å². The summed E-state index contributed by atoms with van der Waals surface area (Å²) in [5.74, 6) is 0.839. The fourth-order valence-corrected chi connectivity index (χ4v) is 3.90. The smallest absolute Gasteiger partial charge is 0.250 e. The molecule has 0 saturated carbocycles. The molecule has 0 spiro atoms. The van der Waals surface area contributed by atoms with E-state index >= 15 is 0 Å². The Morgan fingerprint density at radius 3 is 2.55 bits per heavy atom. The van der Waals surface area contributed by atoms with E-state index in [1.165, 1.54) is 17.3 Å². The van der Waals surface area contributed by atoms with Crippen LogP contribution in [-0.4, -0.2) is 32.6 Å². The number of aryl methyl sites for hydroxylation is 1. The van der Waals surface area contributed by atoms with Crippen LogP contribution in [0.15, 0.2) is 58.8 Å². The first-order valence-electron chi connectivity index (χ1n) is 10.3. The maximum absolute atomic E-state index is 12.2. The second kappa shape index (κ2) is 9.92. The predicted molar refractivity (Wildman–Crippen MR) is 127 cm³/mol. The number of carbonyl (C=O) groups is 1. The quantitative estimate of drug-likeness (QED) is 0.328. The van der Waals surface area contributed by atoms with Crippen LogP contribution in [0.25, 0.3) is 11.4 Å². The van der Waals surface area contributed by atoms with Crippen LogP contribution >= 0.6 is 11.8 Å². The summed E-state index contributed by atoms with van der Waals surface area (Å²) in [4.78, 5) is 12.2. The van der Waals surface area contributed by atoms with Gasteiger partial charge in [-0.25, -0.2) is 5.43 Å². The Kier molecular flexibility index (Phi) is 7.28. The third-order valence-corrected chi connectivity index (χ3v) is 5.79. The van der Waals surface area contributed by atoms with Crippen LogP contribution in [0.5, 0.6) is 0 Å². The summed E-state index contributed by atoms with van der Waals surface area (Å²) < 4.78 is 2.03. The second-order valence-electron chi connectivity index (χ2n) is 8.37. The minimum absolute atomic E-state index is 0.104. The van der Waals surface area contributed by atoms with Gasteiger partial charge in [0, 0.05) is 12.1 Å².